The van der Waals surface area contributed by atoms with Crippen LogP contribution < -0.4 is 0 Å². The van der Waals surface area contributed by atoms with Crippen molar-refractivity contribution in [3.8, 4) is 0 Å². The first kappa shape index (κ1) is 17.6. The Hall–Kier alpha value is -1.85. The summed E-state index contributed by atoms with van der Waals surface area (Å²) in [6.07, 6.45) is 2.30. The molecule has 4 heterocycles. The van der Waals surface area contributed by atoms with Crippen molar-refractivity contribution in [3.63, 3.8) is 0 Å². The number of benzene rings is 3. The Morgan fingerprint density at radius 2 is 1.19 bits per heavy atom. The van der Waals surface area contributed by atoms with E-state index in [9.17, 15) is 0 Å². The van der Waals surface area contributed by atoms with Gasteiger partial charge in [0.25, 0.3) is 0 Å². The second-order valence-electron chi connectivity index (χ2n) is 9.25. The maximum absolute atomic E-state index is 2.44. The van der Waals surface area contributed by atoms with E-state index in [1.54, 1.807) is 48.7 Å². The van der Waals surface area contributed by atoms with Crippen molar-refractivity contribution in [3.05, 3.63) is 58.0 Å². The summed E-state index contributed by atoms with van der Waals surface area (Å²) in [5.41, 5.74) is 6.66. The van der Waals surface area contributed by atoms with Crippen LogP contribution in [0.5, 0.6) is 0 Å². The first-order valence-corrected chi connectivity index (χ1v) is 14.8. The van der Waals surface area contributed by atoms with Crippen molar-refractivity contribution in [2.24, 2.45) is 0 Å². The Balaban J connectivity index is 1.69. The van der Waals surface area contributed by atoms with Crippen molar-refractivity contribution < 1.29 is 0 Å². The Bertz CT molecular complexity index is 1890. The third-order valence-electron chi connectivity index (χ3n) is 8.01. The van der Waals surface area contributed by atoms with E-state index in [4.69, 9.17) is 0 Å². The first-order valence-electron chi connectivity index (χ1n) is 11.5. The lowest BCUT2D eigenvalue weighted by Gasteiger charge is -2.32. The highest BCUT2D eigenvalue weighted by Gasteiger charge is 2.45. The van der Waals surface area contributed by atoms with Crippen LogP contribution in [-0.2, 0) is 0 Å². The van der Waals surface area contributed by atoms with E-state index in [-0.39, 0.29) is 0 Å². The smallest absolute Gasteiger partial charge is 0.0420 e. The maximum Gasteiger partial charge on any atom is 0.0420 e. The van der Waals surface area contributed by atoms with Crippen molar-refractivity contribution in [1.29, 1.82) is 0 Å². The molecule has 0 bridgehead atoms. The van der Waals surface area contributed by atoms with Crippen molar-refractivity contribution in [1.82, 2.24) is 0 Å². The molecule has 0 radical (unpaired) electrons. The molecule has 6 aromatic rings. The Labute approximate surface area is 201 Å². The van der Waals surface area contributed by atoms with Crippen molar-refractivity contribution in [2.75, 3.05) is 0 Å². The Kier molecular flexibility index (Phi) is 3.09. The molecule has 2 aliphatic carbocycles. The van der Waals surface area contributed by atoms with Gasteiger partial charge in [-0.15, -0.1) is 45.8 Å². The lowest BCUT2D eigenvalue weighted by molar-refractivity contribution is 0.793. The van der Waals surface area contributed by atoms with E-state index < -0.39 is 0 Å². The average molecular weight is 483 g/mol. The third kappa shape index (κ3) is 1.74. The fourth-order valence-corrected chi connectivity index (χ4v) is 12.2. The van der Waals surface area contributed by atoms with Crippen LogP contribution in [-0.4, -0.2) is 5.25 Å². The fourth-order valence-electron chi connectivity index (χ4n) is 6.90. The minimum absolute atomic E-state index is 0.499. The minimum atomic E-state index is 0.499. The Morgan fingerprint density at radius 3 is 1.84 bits per heavy atom. The molecule has 0 nitrogen and oxygen atoms in total. The molecule has 1 aliphatic heterocycles. The van der Waals surface area contributed by atoms with Crippen LogP contribution in [0.2, 0.25) is 0 Å². The van der Waals surface area contributed by atoms with Gasteiger partial charge in [-0.05, 0) is 65.9 Å². The van der Waals surface area contributed by atoms with Gasteiger partial charge in [-0.2, -0.15) is 0 Å². The van der Waals surface area contributed by atoms with Gasteiger partial charge in [0.05, 0.1) is 0 Å². The van der Waals surface area contributed by atoms with Crippen LogP contribution in [0, 0.1) is 0 Å². The second kappa shape index (κ2) is 5.61. The molecular formula is C28H18S4. The number of rotatable bonds is 2. The molecule has 2 atom stereocenters. The zero-order valence-corrected chi connectivity index (χ0v) is 20.9. The summed E-state index contributed by atoms with van der Waals surface area (Å²) in [6, 6.07) is 14.4. The van der Waals surface area contributed by atoms with Crippen LogP contribution >= 0.6 is 45.8 Å². The van der Waals surface area contributed by atoms with E-state index in [1.165, 1.54) is 33.8 Å². The van der Waals surface area contributed by atoms with Gasteiger partial charge in [0, 0.05) is 71.4 Å². The van der Waals surface area contributed by atoms with Crippen LogP contribution in [0.3, 0.4) is 0 Å². The molecule has 32 heavy (non-hydrogen) atoms. The van der Waals surface area contributed by atoms with E-state index >= 15 is 0 Å². The normalized spacial score (nSPS) is 20.8. The number of hydrogen-bond acceptors (Lipinski definition) is 4. The molecule has 0 saturated heterocycles. The number of thiophene rings is 3. The van der Waals surface area contributed by atoms with E-state index in [0.717, 1.165) is 12.8 Å². The highest BCUT2D eigenvalue weighted by atomic mass is 32.2. The summed E-state index contributed by atoms with van der Waals surface area (Å²) in [5, 5.41) is 8.34. The molecule has 0 N–H and O–H groups in total. The molecule has 3 aliphatic rings. The van der Waals surface area contributed by atoms with Crippen molar-refractivity contribution >= 4 is 102 Å². The molecule has 4 heteroatoms. The number of allylic oxidation sites excluding steroid dienone is 1. The summed E-state index contributed by atoms with van der Waals surface area (Å²) in [4.78, 5) is 3.13. The maximum atomic E-state index is 2.44. The van der Waals surface area contributed by atoms with Gasteiger partial charge in [0.15, 0.2) is 0 Å². The SMILES string of the molecule is CCC1=C(CC)C2Sc3ccc4sc5ccc6sc7ccc8sc1c1c8c7c6c5c4c3C12. The topological polar surface area (TPSA) is 0 Å². The lowest BCUT2D eigenvalue weighted by atomic mass is 9.74. The van der Waals surface area contributed by atoms with Gasteiger partial charge < -0.3 is 0 Å². The minimum Gasteiger partial charge on any atom is -0.135 e. The third-order valence-corrected chi connectivity index (χ3v) is 12.9. The number of thioether (sulfide) groups is 1. The molecule has 3 aromatic heterocycles. The van der Waals surface area contributed by atoms with Crippen molar-refractivity contribution in [2.45, 2.75) is 42.8 Å². The fraction of sp³-hybridized carbons (Fsp3) is 0.214. The quantitative estimate of drug-likeness (QED) is 0.236. The molecule has 0 fully saturated rings. The summed E-state index contributed by atoms with van der Waals surface area (Å²) < 4.78 is 7.34. The van der Waals surface area contributed by atoms with Gasteiger partial charge in [0.2, 0.25) is 0 Å². The van der Waals surface area contributed by atoms with Crippen LogP contribution in [0.4, 0.5) is 0 Å². The predicted molar refractivity (Wildman–Crippen MR) is 147 cm³/mol. The summed E-state index contributed by atoms with van der Waals surface area (Å²) >= 11 is 8.22. The summed E-state index contributed by atoms with van der Waals surface area (Å²) in [5.74, 6) is 0.499. The predicted octanol–water partition coefficient (Wildman–Crippen LogP) is 10.1. The van der Waals surface area contributed by atoms with Crippen LogP contribution in [0.25, 0.3) is 56.0 Å². The van der Waals surface area contributed by atoms with Crippen LogP contribution in [0.15, 0.2) is 46.9 Å². The van der Waals surface area contributed by atoms with Crippen LogP contribution in [0.1, 0.15) is 48.6 Å². The first-order chi connectivity index (χ1) is 15.8. The highest BCUT2D eigenvalue weighted by molar-refractivity contribution is 8.00. The van der Waals surface area contributed by atoms with Gasteiger partial charge in [-0.25, -0.2) is 0 Å². The highest BCUT2D eigenvalue weighted by Crippen LogP contribution is 2.65. The molecule has 3 aromatic carbocycles. The molecule has 9 rings (SSSR count). The van der Waals surface area contributed by atoms with Gasteiger partial charge in [-0.3, -0.25) is 0 Å². The van der Waals surface area contributed by atoms with E-state index in [1.807, 2.05) is 22.7 Å². The van der Waals surface area contributed by atoms with Gasteiger partial charge >= 0.3 is 0 Å². The van der Waals surface area contributed by atoms with Gasteiger partial charge in [-0.1, -0.05) is 19.4 Å². The zero-order chi connectivity index (χ0) is 20.9. The lowest BCUT2D eigenvalue weighted by Crippen LogP contribution is -2.21. The van der Waals surface area contributed by atoms with E-state index in [2.05, 4.69) is 73.3 Å². The molecule has 154 valence electrons. The molecule has 0 spiro atoms. The molecule has 0 saturated carbocycles. The summed E-state index contributed by atoms with van der Waals surface area (Å²) in [6.45, 7) is 4.75. The monoisotopic (exact) mass is 482 g/mol. The largest absolute Gasteiger partial charge is 0.135 e. The standard InChI is InChI=1S/C28H18S4/c1-3-11-12(4-2)28-26-24-18(32-28)10-8-16-22(24)20-14(30-16)6-5-13-19(20)21-15(29-13)7-9-17-23(21)25(26)27(11)31-17/h5-10,25,27H,3-4H2,1-2H3. The summed E-state index contributed by atoms with van der Waals surface area (Å²) in [7, 11) is 0. The molecule has 2 unspecified atom stereocenters. The Morgan fingerprint density at radius 1 is 0.625 bits per heavy atom. The zero-order valence-electron chi connectivity index (χ0n) is 17.7. The second-order valence-corrected chi connectivity index (χ2v) is 13.7. The molecular weight excluding hydrogens is 465 g/mol. The average Bonchev–Trinajstić information content (AvgIpc) is 3.53. The van der Waals surface area contributed by atoms with E-state index in [0.29, 0.717) is 11.2 Å². The molecule has 0 amide bonds. The van der Waals surface area contributed by atoms with Gasteiger partial charge in [0.1, 0.15) is 0 Å². The number of hydrogen-bond donors (Lipinski definition) is 0.